The minimum absolute atomic E-state index is 0. The highest BCUT2D eigenvalue weighted by Gasteiger charge is 2.13. The second kappa shape index (κ2) is 12.7. The molecule has 0 spiro atoms. The van der Waals surface area contributed by atoms with E-state index < -0.39 is 0 Å². The maximum Gasteiger partial charge on any atom is 0.227 e. The number of rotatable bonds is 5. The number of nitrogens with one attached hydrogen (secondary N) is 1. The fourth-order valence-electron chi connectivity index (χ4n) is 1.89. The summed E-state index contributed by atoms with van der Waals surface area (Å²) >= 11 is 0. The standard InChI is InChI=1S/C15H23NO.C2H7N.ClH/c1-5-16-15(17)12(4)14-8-6-13(7-9-14)10-11(2)3;1-3-2;/h6-9,11-12H,5,10H2,1-4H3,(H,16,17);3H,1-2H3;1H/t12-;;/m1../s1. The summed E-state index contributed by atoms with van der Waals surface area (Å²) in [4.78, 5) is 11.7. The number of hydrogen-bond acceptors (Lipinski definition) is 1. The number of amides is 1. The summed E-state index contributed by atoms with van der Waals surface area (Å²) < 4.78 is 0. The van der Waals surface area contributed by atoms with Crippen LogP contribution < -0.4 is 23.0 Å². The van der Waals surface area contributed by atoms with Gasteiger partial charge in [-0.25, -0.2) is 0 Å². The van der Waals surface area contributed by atoms with Gasteiger partial charge < -0.3 is 23.0 Å². The van der Waals surface area contributed by atoms with Crippen molar-refractivity contribution in [3.05, 3.63) is 35.4 Å². The Morgan fingerprint density at radius 1 is 1.14 bits per heavy atom. The first kappa shape index (κ1) is 22.2. The molecule has 0 bridgehead atoms. The molecule has 1 aromatic carbocycles. The Hall–Kier alpha value is -1.06. The zero-order chi connectivity index (χ0) is 15.5. The quantitative estimate of drug-likeness (QED) is 0.715. The normalized spacial score (nSPS) is 11.0. The molecule has 1 amide bonds. The van der Waals surface area contributed by atoms with Crippen LogP contribution in [0.25, 0.3) is 0 Å². The molecule has 4 heteroatoms. The second-order valence-corrected chi connectivity index (χ2v) is 5.53. The molecule has 0 aliphatic rings. The second-order valence-electron chi connectivity index (χ2n) is 5.53. The lowest BCUT2D eigenvalue weighted by Crippen LogP contribution is -3.00. The Kier molecular flexibility index (Phi) is 13.4. The summed E-state index contributed by atoms with van der Waals surface area (Å²) in [6, 6.07) is 8.39. The minimum atomic E-state index is -0.0666. The van der Waals surface area contributed by atoms with E-state index in [0.29, 0.717) is 12.5 Å². The van der Waals surface area contributed by atoms with Crippen LogP contribution in [0, 0.1) is 5.92 Å². The van der Waals surface area contributed by atoms with Crippen molar-refractivity contribution >= 4 is 5.91 Å². The summed E-state index contributed by atoms with van der Waals surface area (Å²) in [6.45, 7) is 9.00. The van der Waals surface area contributed by atoms with Crippen molar-refractivity contribution in [2.24, 2.45) is 5.92 Å². The average molecular weight is 315 g/mol. The summed E-state index contributed by atoms with van der Waals surface area (Å²) in [7, 11) is 4.00. The molecule has 0 saturated carbocycles. The topological polar surface area (TPSA) is 45.7 Å². The zero-order valence-corrected chi connectivity index (χ0v) is 15.0. The van der Waals surface area contributed by atoms with Crippen molar-refractivity contribution in [3.63, 3.8) is 0 Å². The lowest BCUT2D eigenvalue weighted by Gasteiger charge is -2.12. The van der Waals surface area contributed by atoms with Crippen LogP contribution in [0.4, 0.5) is 0 Å². The maximum absolute atomic E-state index is 11.7. The third-order valence-electron chi connectivity index (χ3n) is 2.87. The number of halogens is 1. The number of benzene rings is 1. The van der Waals surface area contributed by atoms with Gasteiger partial charge in [-0.1, -0.05) is 38.1 Å². The number of carbonyl (C=O) groups excluding carboxylic acids is 1. The van der Waals surface area contributed by atoms with Crippen molar-refractivity contribution in [1.82, 2.24) is 5.32 Å². The third kappa shape index (κ3) is 9.48. The molecule has 122 valence electrons. The molecule has 0 aliphatic carbocycles. The van der Waals surface area contributed by atoms with E-state index in [4.69, 9.17) is 0 Å². The van der Waals surface area contributed by atoms with E-state index in [2.05, 4.69) is 43.4 Å². The Labute approximate surface area is 136 Å². The smallest absolute Gasteiger partial charge is 0.227 e. The average Bonchev–Trinajstić information content (AvgIpc) is 2.39. The molecule has 0 aliphatic heterocycles. The van der Waals surface area contributed by atoms with Gasteiger partial charge in [0.15, 0.2) is 0 Å². The summed E-state index contributed by atoms with van der Waals surface area (Å²) in [5.41, 5.74) is 2.43. The van der Waals surface area contributed by atoms with Crippen LogP contribution in [0.2, 0.25) is 0 Å². The third-order valence-corrected chi connectivity index (χ3v) is 2.87. The molecule has 0 heterocycles. The van der Waals surface area contributed by atoms with Gasteiger partial charge in [0.25, 0.3) is 0 Å². The molecule has 0 unspecified atom stereocenters. The van der Waals surface area contributed by atoms with Gasteiger partial charge in [0.05, 0.1) is 20.0 Å². The molecule has 1 rings (SSSR count). The summed E-state index contributed by atoms with van der Waals surface area (Å²) in [5, 5.41) is 4.85. The van der Waals surface area contributed by atoms with Gasteiger partial charge in [0, 0.05) is 6.54 Å². The van der Waals surface area contributed by atoms with Crippen molar-refractivity contribution in [2.75, 3.05) is 20.6 Å². The van der Waals surface area contributed by atoms with Crippen molar-refractivity contribution in [2.45, 2.75) is 40.0 Å². The predicted molar refractivity (Wildman–Crippen MR) is 85.9 cm³/mol. The highest BCUT2D eigenvalue weighted by Crippen LogP contribution is 2.17. The van der Waals surface area contributed by atoms with Crippen LogP contribution in [0.5, 0.6) is 0 Å². The van der Waals surface area contributed by atoms with Crippen LogP contribution in [-0.2, 0) is 11.2 Å². The van der Waals surface area contributed by atoms with E-state index in [0.717, 1.165) is 12.0 Å². The Balaban J connectivity index is 0. The minimum Gasteiger partial charge on any atom is -1.00 e. The molecule has 0 radical (unpaired) electrons. The number of hydrogen-bond donors (Lipinski definition) is 2. The largest absolute Gasteiger partial charge is 1.00 e. The molecular formula is C17H31ClN2O. The number of nitrogens with two attached hydrogens (primary N) is 1. The first-order valence-corrected chi connectivity index (χ1v) is 7.56. The number of carbonyl (C=O) groups is 1. The zero-order valence-electron chi connectivity index (χ0n) is 14.2. The predicted octanol–water partition coefficient (Wildman–Crippen LogP) is -1.06. The van der Waals surface area contributed by atoms with E-state index >= 15 is 0 Å². The van der Waals surface area contributed by atoms with Crippen molar-refractivity contribution in [1.29, 1.82) is 0 Å². The SMILES string of the molecule is CCNC(=O)[C@H](C)c1ccc(CC(C)C)cc1.C[NH2+]C.[Cl-]. The van der Waals surface area contributed by atoms with Crippen LogP contribution in [0.3, 0.4) is 0 Å². The molecule has 0 fully saturated rings. The van der Waals surface area contributed by atoms with E-state index in [1.165, 1.54) is 5.56 Å². The lowest BCUT2D eigenvalue weighted by atomic mass is 9.96. The monoisotopic (exact) mass is 314 g/mol. The van der Waals surface area contributed by atoms with Crippen molar-refractivity contribution < 1.29 is 22.5 Å². The Morgan fingerprint density at radius 3 is 2.00 bits per heavy atom. The van der Waals surface area contributed by atoms with E-state index in [1.54, 1.807) is 0 Å². The highest BCUT2D eigenvalue weighted by atomic mass is 35.5. The molecule has 1 aromatic rings. The Bertz CT molecular complexity index is 377. The van der Waals surface area contributed by atoms with Gasteiger partial charge >= 0.3 is 0 Å². The van der Waals surface area contributed by atoms with Gasteiger partial charge in [0.1, 0.15) is 0 Å². The lowest BCUT2D eigenvalue weighted by molar-refractivity contribution is -0.597. The van der Waals surface area contributed by atoms with E-state index in [9.17, 15) is 4.79 Å². The first-order valence-electron chi connectivity index (χ1n) is 7.56. The van der Waals surface area contributed by atoms with Gasteiger partial charge in [-0.15, -0.1) is 0 Å². The van der Waals surface area contributed by atoms with Crippen molar-refractivity contribution in [3.8, 4) is 0 Å². The van der Waals surface area contributed by atoms with Gasteiger partial charge in [0.2, 0.25) is 5.91 Å². The fourth-order valence-corrected chi connectivity index (χ4v) is 1.89. The van der Waals surface area contributed by atoms with Crippen LogP contribution in [0.1, 0.15) is 44.7 Å². The van der Waals surface area contributed by atoms with Crippen LogP contribution in [0.15, 0.2) is 24.3 Å². The molecule has 3 N–H and O–H groups in total. The molecule has 0 aromatic heterocycles. The number of likely N-dealkylation sites (N-methyl/N-ethyl adjacent to an activating group) is 1. The maximum atomic E-state index is 11.7. The van der Waals surface area contributed by atoms with E-state index in [1.807, 2.05) is 33.3 Å². The van der Waals surface area contributed by atoms with Gasteiger partial charge in [-0.05, 0) is 37.3 Å². The molecule has 21 heavy (non-hydrogen) atoms. The van der Waals surface area contributed by atoms with Crippen LogP contribution >= 0.6 is 0 Å². The molecule has 1 atom stereocenters. The summed E-state index contributed by atoms with van der Waals surface area (Å²) in [5.74, 6) is 0.703. The molecule has 3 nitrogen and oxygen atoms in total. The first-order chi connectivity index (χ1) is 9.46. The number of quaternary nitrogens is 1. The summed E-state index contributed by atoms with van der Waals surface area (Å²) in [6.07, 6.45) is 1.09. The van der Waals surface area contributed by atoms with Gasteiger partial charge in [-0.3, -0.25) is 4.79 Å². The van der Waals surface area contributed by atoms with Crippen LogP contribution in [-0.4, -0.2) is 26.5 Å². The fraction of sp³-hybridized carbons (Fsp3) is 0.588. The Morgan fingerprint density at radius 2 is 1.62 bits per heavy atom. The molecule has 0 saturated heterocycles. The molecular weight excluding hydrogens is 284 g/mol. The highest BCUT2D eigenvalue weighted by molar-refractivity contribution is 5.83. The van der Waals surface area contributed by atoms with E-state index in [-0.39, 0.29) is 24.2 Å². The van der Waals surface area contributed by atoms with Gasteiger partial charge in [-0.2, -0.15) is 0 Å².